The largest absolute Gasteiger partial charge is 0.379 e. The van der Waals surface area contributed by atoms with Crippen LogP contribution in [0.4, 0.5) is 5.69 Å². The Morgan fingerprint density at radius 1 is 0.696 bits per heavy atom. The molecule has 3 aromatic carbocycles. The first-order valence-electron chi connectivity index (χ1n) is 15.6. The van der Waals surface area contributed by atoms with Crippen molar-refractivity contribution in [3.63, 3.8) is 0 Å². The summed E-state index contributed by atoms with van der Waals surface area (Å²) in [7, 11) is -7.35. The number of carbonyl (C=O) groups excluding carboxylic acids is 1. The van der Waals surface area contributed by atoms with Crippen molar-refractivity contribution in [3.05, 3.63) is 107 Å². The van der Waals surface area contributed by atoms with Crippen molar-refractivity contribution in [1.29, 1.82) is 0 Å². The highest BCUT2D eigenvalue weighted by atomic mass is 31.2. The Morgan fingerprint density at radius 2 is 1.22 bits per heavy atom. The summed E-state index contributed by atoms with van der Waals surface area (Å²) in [6, 6.07) is 26.6. The third kappa shape index (κ3) is 6.26. The highest BCUT2D eigenvalue weighted by molar-refractivity contribution is 7.80. The number of rotatable bonds is 9. The van der Waals surface area contributed by atoms with E-state index in [4.69, 9.17) is 9.47 Å². The van der Waals surface area contributed by atoms with E-state index >= 15 is 9.13 Å². The van der Waals surface area contributed by atoms with Crippen LogP contribution in [0.15, 0.2) is 84.9 Å². The van der Waals surface area contributed by atoms with Gasteiger partial charge in [-0.25, -0.2) is 9.34 Å². The van der Waals surface area contributed by atoms with Gasteiger partial charge in [0.15, 0.2) is 0 Å². The Hall–Kier alpha value is -3.49. The van der Waals surface area contributed by atoms with E-state index in [1.807, 2.05) is 120 Å². The van der Waals surface area contributed by atoms with Crippen LogP contribution >= 0.6 is 14.9 Å². The van der Waals surface area contributed by atoms with Crippen LogP contribution in [-0.2, 0) is 18.6 Å². The zero-order valence-electron chi connectivity index (χ0n) is 26.5. The molecule has 242 valence electrons. The van der Waals surface area contributed by atoms with Gasteiger partial charge < -0.3 is 19.1 Å². The van der Waals surface area contributed by atoms with E-state index < -0.39 is 20.8 Å². The molecule has 0 bridgehead atoms. The maximum atomic E-state index is 15.7. The maximum absolute atomic E-state index is 15.7. The van der Waals surface area contributed by atoms with E-state index in [0.29, 0.717) is 80.3 Å². The first kappa shape index (κ1) is 32.5. The van der Waals surface area contributed by atoms with Gasteiger partial charge in [0, 0.05) is 54.2 Å². The molecule has 4 aromatic rings. The predicted octanol–water partition coefficient (Wildman–Crippen LogP) is 5.25. The molecule has 0 aliphatic carbocycles. The fourth-order valence-corrected chi connectivity index (χ4v) is 11.5. The van der Waals surface area contributed by atoms with Crippen LogP contribution in [-0.4, -0.2) is 72.4 Å². The second kappa shape index (κ2) is 13.7. The van der Waals surface area contributed by atoms with Crippen molar-refractivity contribution < 1.29 is 23.4 Å². The molecule has 1 aromatic heterocycles. The molecule has 0 saturated carbocycles. The van der Waals surface area contributed by atoms with Crippen molar-refractivity contribution >= 4 is 37.1 Å². The van der Waals surface area contributed by atoms with Gasteiger partial charge in [-0.05, 0) is 57.2 Å². The first-order chi connectivity index (χ1) is 22.2. The lowest BCUT2D eigenvalue weighted by atomic mass is 10.2. The molecule has 1 atom stereocenters. The average Bonchev–Trinajstić information content (AvgIpc) is 3.36. The molecular weight excluding hydrogens is 620 g/mol. The van der Waals surface area contributed by atoms with Crippen LogP contribution in [0.5, 0.6) is 0 Å². The van der Waals surface area contributed by atoms with Gasteiger partial charge >= 0.3 is 7.59 Å². The van der Waals surface area contributed by atoms with Gasteiger partial charge in [-0.3, -0.25) is 19.0 Å². The fourth-order valence-electron chi connectivity index (χ4n) is 6.30. The summed E-state index contributed by atoms with van der Waals surface area (Å²) >= 11 is 0. The summed E-state index contributed by atoms with van der Waals surface area (Å²) in [6.07, 6.45) is 0. The molecule has 2 aliphatic rings. The van der Waals surface area contributed by atoms with Crippen molar-refractivity contribution in [1.82, 2.24) is 19.0 Å². The van der Waals surface area contributed by atoms with E-state index in [-0.39, 0.29) is 5.56 Å². The Morgan fingerprint density at radius 3 is 1.76 bits per heavy atom. The van der Waals surface area contributed by atoms with Crippen LogP contribution in [0.25, 0.3) is 5.69 Å². The van der Waals surface area contributed by atoms with E-state index in [1.54, 1.807) is 0 Å². The standard InChI is InChI=1S/C34H41N5O5P2/c1-26-14-16-30(17-15-26)39-27(2)32(34(40)36-46(42,37-18-22-43-23-19-37)38-20-24-44-25-21-38)33(28(39)3)45(41,31-12-8-5-9-13-31)35-29-10-6-4-7-11-29/h4-17H,18-25H2,1-3H3,(H,35,41)(H,36,40,42)/t45-/m1/s1. The topological polar surface area (TPSA) is 105 Å². The monoisotopic (exact) mass is 661 g/mol. The van der Waals surface area contributed by atoms with Gasteiger partial charge in [-0.1, -0.05) is 54.1 Å². The maximum Gasteiger partial charge on any atom is 0.311 e. The molecule has 1 amide bonds. The Balaban J connectivity index is 1.55. The number of anilines is 1. The average molecular weight is 662 g/mol. The molecule has 2 aliphatic heterocycles. The third-order valence-electron chi connectivity index (χ3n) is 8.62. The molecule has 12 heteroatoms. The van der Waals surface area contributed by atoms with Crippen LogP contribution < -0.4 is 20.8 Å². The van der Waals surface area contributed by atoms with Gasteiger partial charge in [0.25, 0.3) is 5.91 Å². The summed E-state index contributed by atoms with van der Waals surface area (Å²) in [4.78, 5) is 14.8. The number of nitrogens with one attached hydrogen (secondary N) is 2. The van der Waals surface area contributed by atoms with Crippen LogP contribution in [0.1, 0.15) is 27.3 Å². The molecule has 0 spiro atoms. The number of benzene rings is 3. The third-order valence-corrected chi connectivity index (χ3v) is 14.2. The van der Waals surface area contributed by atoms with E-state index in [9.17, 15) is 4.79 Å². The van der Waals surface area contributed by atoms with Crippen molar-refractivity contribution in [2.75, 3.05) is 57.7 Å². The second-order valence-electron chi connectivity index (χ2n) is 11.6. The highest BCUT2D eigenvalue weighted by Crippen LogP contribution is 2.51. The minimum absolute atomic E-state index is 0.246. The van der Waals surface area contributed by atoms with E-state index in [1.165, 1.54) is 0 Å². The van der Waals surface area contributed by atoms with Gasteiger partial charge in [0.1, 0.15) is 0 Å². The molecule has 46 heavy (non-hydrogen) atoms. The number of amides is 1. The van der Waals surface area contributed by atoms with Gasteiger partial charge in [-0.15, -0.1) is 0 Å². The van der Waals surface area contributed by atoms with Crippen molar-refractivity contribution in [3.8, 4) is 5.69 Å². The van der Waals surface area contributed by atoms with Gasteiger partial charge in [0.2, 0.25) is 7.29 Å². The lowest BCUT2D eigenvalue weighted by Gasteiger charge is -2.41. The molecular formula is C34H41N5O5P2. The summed E-state index contributed by atoms with van der Waals surface area (Å²) < 4.78 is 47.6. The number of nitrogens with zero attached hydrogens (tertiary/aromatic N) is 3. The second-order valence-corrected chi connectivity index (χ2v) is 16.5. The number of morpholine rings is 2. The Bertz CT molecular complexity index is 1750. The number of aryl methyl sites for hydroxylation is 1. The number of hydrogen-bond acceptors (Lipinski definition) is 5. The molecule has 2 saturated heterocycles. The van der Waals surface area contributed by atoms with Crippen LogP contribution in [0.2, 0.25) is 0 Å². The van der Waals surface area contributed by atoms with Crippen LogP contribution in [0.3, 0.4) is 0 Å². The number of hydrogen-bond donors (Lipinski definition) is 2. The molecule has 2 N–H and O–H groups in total. The molecule has 2 fully saturated rings. The number of carbonyl (C=O) groups is 1. The fraction of sp³-hybridized carbons (Fsp3) is 0.324. The molecule has 10 nitrogen and oxygen atoms in total. The molecule has 0 unspecified atom stereocenters. The zero-order valence-corrected chi connectivity index (χ0v) is 28.3. The molecule has 3 heterocycles. The highest BCUT2D eigenvalue weighted by Gasteiger charge is 2.44. The Kier molecular flexibility index (Phi) is 9.67. The quantitative estimate of drug-likeness (QED) is 0.235. The van der Waals surface area contributed by atoms with Crippen molar-refractivity contribution in [2.24, 2.45) is 0 Å². The predicted molar refractivity (Wildman–Crippen MR) is 183 cm³/mol. The van der Waals surface area contributed by atoms with Crippen molar-refractivity contribution in [2.45, 2.75) is 20.8 Å². The minimum atomic E-state index is -3.73. The summed E-state index contributed by atoms with van der Waals surface area (Å²) in [5.74, 6) is -0.534. The smallest absolute Gasteiger partial charge is 0.311 e. The lowest BCUT2D eigenvalue weighted by Crippen LogP contribution is -2.48. The number of ether oxygens (including phenoxy) is 2. The van der Waals surface area contributed by atoms with E-state index in [2.05, 4.69) is 10.2 Å². The summed E-state index contributed by atoms with van der Waals surface area (Å²) in [5.41, 5.74) is 4.11. The first-order valence-corrected chi connectivity index (χ1v) is 18.9. The Labute approximate surface area is 270 Å². The molecule has 0 radical (unpaired) electrons. The number of para-hydroxylation sites is 1. The SMILES string of the molecule is Cc1ccc(-n2c(C)c(C(=O)NP(=O)(N3CCOCC3)N3CCOCC3)c([P@@](=O)(Nc3ccccc3)c3ccccc3)c2C)cc1. The number of aromatic nitrogens is 1. The zero-order chi connectivity index (χ0) is 32.3. The minimum Gasteiger partial charge on any atom is -0.379 e. The van der Waals surface area contributed by atoms with Gasteiger partial charge in [0.05, 0.1) is 37.3 Å². The lowest BCUT2D eigenvalue weighted by molar-refractivity contribution is 0.0505. The van der Waals surface area contributed by atoms with E-state index in [0.717, 1.165) is 11.3 Å². The summed E-state index contributed by atoms with van der Waals surface area (Å²) in [5, 5.41) is 7.31. The molecule has 6 rings (SSSR count). The normalized spacial score (nSPS) is 17.7. The summed E-state index contributed by atoms with van der Waals surface area (Å²) in [6.45, 7) is 9.12. The van der Waals surface area contributed by atoms with Crippen LogP contribution in [0, 0.1) is 20.8 Å². The van der Waals surface area contributed by atoms with Gasteiger partial charge in [-0.2, -0.15) is 0 Å².